The lowest BCUT2D eigenvalue weighted by molar-refractivity contribution is 0.194. The molecule has 0 radical (unpaired) electrons. The predicted octanol–water partition coefficient (Wildman–Crippen LogP) is 3.31. The van der Waals surface area contributed by atoms with E-state index in [0.717, 1.165) is 37.7 Å². The zero-order valence-corrected chi connectivity index (χ0v) is 11.4. The molecule has 1 atom stereocenters. The van der Waals surface area contributed by atoms with Crippen LogP contribution in [0.2, 0.25) is 5.02 Å². The van der Waals surface area contributed by atoms with Gasteiger partial charge in [0.15, 0.2) is 0 Å². The fourth-order valence-corrected chi connectivity index (χ4v) is 3.41. The normalized spacial score (nSPS) is 25.5. The molecule has 2 nitrogen and oxygen atoms in total. The molecular formula is C15H20ClNO. The Labute approximate surface area is 114 Å². The van der Waals surface area contributed by atoms with Gasteiger partial charge in [-0.05, 0) is 55.5 Å². The van der Waals surface area contributed by atoms with Gasteiger partial charge in [-0.15, -0.1) is 0 Å². The minimum absolute atomic E-state index is 0.500. The molecule has 2 aliphatic rings. The number of benzene rings is 1. The Bertz CT molecular complexity index is 409. The summed E-state index contributed by atoms with van der Waals surface area (Å²) in [6.45, 7) is 3.95. The number of hydrogen-bond acceptors (Lipinski definition) is 2. The number of rotatable bonds is 2. The number of ether oxygens (including phenoxy) is 1. The van der Waals surface area contributed by atoms with Crippen molar-refractivity contribution in [1.82, 2.24) is 5.32 Å². The Morgan fingerprint density at radius 1 is 1.11 bits per heavy atom. The molecule has 1 aromatic rings. The summed E-state index contributed by atoms with van der Waals surface area (Å²) in [5, 5.41) is 4.34. The molecule has 1 unspecified atom stereocenters. The van der Waals surface area contributed by atoms with Crippen LogP contribution < -0.4 is 5.32 Å². The fraction of sp³-hybridized carbons (Fsp3) is 0.600. The van der Waals surface area contributed by atoms with Gasteiger partial charge in [0.05, 0.1) is 6.61 Å². The lowest BCUT2D eigenvalue weighted by atomic mass is 9.88. The van der Waals surface area contributed by atoms with E-state index in [4.69, 9.17) is 16.3 Å². The maximum absolute atomic E-state index is 6.46. The summed E-state index contributed by atoms with van der Waals surface area (Å²) >= 11 is 6.46. The van der Waals surface area contributed by atoms with Crippen LogP contribution in [0.15, 0.2) is 18.2 Å². The Kier molecular flexibility index (Phi) is 3.88. The first-order valence-electron chi connectivity index (χ1n) is 6.92. The van der Waals surface area contributed by atoms with Crippen molar-refractivity contribution in [2.45, 2.75) is 31.1 Å². The highest BCUT2D eigenvalue weighted by Crippen LogP contribution is 2.34. The summed E-state index contributed by atoms with van der Waals surface area (Å²) < 4.78 is 5.45. The molecule has 98 valence electrons. The van der Waals surface area contributed by atoms with Gasteiger partial charge in [0.2, 0.25) is 0 Å². The van der Waals surface area contributed by atoms with Gasteiger partial charge in [0.25, 0.3) is 0 Å². The monoisotopic (exact) mass is 265 g/mol. The molecule has 0 spiro atoms. The van der Waals surface area contributed by atoms with E-state index in [1.807, 2.05) is 0 Å². The molecule has 0 aromatic heterocycles. The minimum atomic E-state index is 0.500. The first kappa shape index (κ1) is 12.5. The van der Waals surface area contributed by atoms with Gasteiger partial charge in [-0.2, -0.15) is 0 Å². The Morgan fingerprint density at radius 3 is 2.61 bits per heavy atom. The highest BCUT2D eigenvalue weighted by molar-refractivity contribution is 6.31. The average Bonchev–Trinajstić information content (AvgIpc) is 2.93. The molecule has 3 heteroatoms. The van der Waals surface area contributed by atoms with Crippen LogP contribution in [0.5, 0.6) is 0 Å². The highest BCUT2D eigenvalue weighted by atomic mass is 35.5. The minimum Gasteiger partial charge on any atom is -0.381 e. The van der Waals surface area contributed by atoms with E-state index in [1.54, 1.807) is 0 Å². The van der Waals surface area contributed by atoms with Crippen molar-refractivity contribution >= 4 is 11.6 Å². The summed E-state index contributed by atoms with van der Waals surface area (Å²) in [5.74, 6) is 1.18. The first-order valence-corrected chi connectivity index (χ1v) is 7.30. The third-order valence-electron chi connectivity index (χ3n) is 4.20. The molecule has 0 aliphatic carbocycles. The molecule has 2 saturated heterocycles. The van der Waals surface area contributed by atoms with Gasteiger partial charge >= 0.3 is 0 Å². The summed E-state index contributed by atoms with van der Waals surface area (Å²) in [7, 11) is 0. The van der Waals surface area contributed by atoms with E-state index < -0.39 is 0 Å². The van der Waals surface area contributed by atoms with Crippen LogP contribution in [0.3, 0.4) is 0 Å². The van der Waals surface area contributed by atoms with Crippen LogP contribution in [-0.2, 0) is 4.74 Å². The smallest absolute Gasteiger partial charge is 0.0536 e. The largest absolute Gasteiger partial charge is 0.381 e. The second-order valence-corrected chi connectivity index (χ2v) is 5.77. The van der Waals surface area contributed by atoms with Crippen LogP contribution in [0, 0.1) is 0 Å². The Balaban J connectivity index is 1.79. The molecule has 3 rings (SSSR count). The fourth-order valence-electron chi connectivity index (χ4n) is 3.06. The maximum atomic E-state index is 6.46. The van der Waals surface area contributed by atoms with E-state index in [1.165, 1.54) is 24.0 Å². The van der Waals surface area contributed by atoms with E-state index in [-0.39, 0.29) is 0 Å². The van der Waals surface area contributed by atoms with Crippen LogP contribution in [0.25, 0.3) is 0 Å². The van der Waals surface area contributed by atoms with E-state index in [2.05, 4.69) is 23.5 Å². The second-order valence-electron chi connectivity index (χ2n) is 5.37. The van der Waals surface area contributed by atoms with E-state index in [9.17, 15) is 0 Å². The topological polar surface area (TPSA) is 21.3 Å². The lowest BCUT2D eigenvalue weighted by Gasteiger charge is -2.24. The summed E-state index contributed by atoms with van der Waals surface area (Å²) in [6.07, 6.45) is 3.55. The zero-order chi connectivity index (χ0) is 12.4. The lowest BCUT2D eigenvalue weighted by Crippen LogP contribution is -2.26. The molecule has 2 fully saturated rings. The summed E-state index contributed by atoms with van der Waals surface area (Å²) in [6, 6.07) is 6.68. The summed E-state index contributed by atoms with van der Waals surface area (Å²) in [4.78, 5) is 0. The van der Waals surface area contributed by atoms with Gasteiger partial charge in [-0.25, -0.2) is 0 Å². The number of nitrogens with one attached hydrogen (secondary N) is 1. The molecule has 0 saturated carbocycles. The van der Waals surface area contributed by atoms with Crippen LogP contribution in [-0.4, -0.2) is 26.3 Å². The number of halogens is 1. The van der Waals surface area contributed by atoms with Crippen LogP contribution in [0.4, 0.5) is 0 Å². The standard InChI is InChI=1S/C15H20ClNO/c16-15-9-12(11-3-6-17-7-4-11)1-2-14(15)13-5-8-18-10-13/h1-2,9,11,13,17H,3-8,10H2. The van der Waals surface area contributed by atoms with Crippen molar-refractivity contribution in [3.63, 3.8) is 0 Å². The molecule has 18 heavy (non-hydrogen) atoms. The van der Waals surface area contributed by atoms with Gasteiger partial charge in [0.1, 0.15) is 0 Å². The van der Waals surface area contributed by atoms with Crippen LogP contribution in [0.1, 0.15) is 42.2 Å². The molecular weight excluding hydrogens is 246 g/mol. The molecule has 2 aliphatic heterocycles. The van der Waals surface area contributed by atoms with Crippen molar-refractivity contribution in [3.8, 4) is 0 Å². The van der Waals surface area contributed by atoms with Gasteiger partial charge in [-0.1, -0.05) is 23.7 Å². The molecule has 1 aromatic carbocycles. The van der Waals surface area contributed by atoms with Gasteiger partial charge < -0.3 is 10.1 Å². The zero-order valence-electron chi connectivity index (χ0n) is 10.6. The maximum Gasteiger partial charge on any atom is 0.0536 e. The Hall–Kier alpha value is -0.570. The highest BCUT2D eigenvalue weighted by Gasteiger charge is 2.22. The van der Waals surface area contributed by atoms with E-state index >= 15 is 0 Å². The average molecular weight is 266 g/mol. The third kappa shape index (κ3) is 2.56. The van der Waals surface area contributed by atoms with Gasteiger partial charge in [0, 0.05) is 17.5 Å². The first-order chi connectivity index (χ1) is 8.84. The second kappa shape index (κ2) is 5.60. The SMILES string of the molecule is Clc1cc(C2CCNCC2)ccc1C1CCOC1. The van der Waals surface area contributed by atoms with Gasteiger partial charge in [-0.3, -0.25) is 0 Å². The van der Waals surface area contributed by atoms with Crippen molar-refractivity contribution < 1.29 is 4.74 Å². The van der Waals surface area contributed by atoms with Crippen molar-refractivity contribution in [1.29, 1.82) is 0 Å². The summed E-state index contributed by atoms with van der Waals surface area (Å²) in [5.41, 5.74) is 2.68. The van der Waals surface area contributed by atoms with Crippen molar-refractivity contribution in [3.05, 3.63) is 34.3 Å². The molecule has 2 heterocycles. The van der Waals surface area contributed by atoms with Crippen molar-refractivity contribution in [2.24, 2.45) is 0 Å². The quantitative estimate of drug-likeness (QED) is 0.886. The molecule has 0 amide bonds. The number of hydrogen-bond donors (Lipinski definition) is 1. The molecule has 1 N–H and O–H groups in total. The third-order valence-corrected chi connectivity index (χ3v) is 4.53. The van der Waals surface area contributed by atoms with Crippen molar-refractivity contribution in [2.75, 3.05) is 26.3 Å². The number of piperidine rings is 1. The molecule has 0 bridgehead atoms. The van der Waals surface area contributed by atoms with Crippen LogP contribution >= 0.6 is 11.6 Å². The predicted molar refractivity (Wildman–Crippen MR) is 74.5 cm³/mol. The van der Waals surface area contributed by atoms with E-state index in [0.29, 0.717) is 11.8 Å². The Morgan fingerprint density at radius 2 is 1.94 bits per heavy atom.